The number of hydrogen-bond acceptors (Lipinski definition) is 2. The molecule has 82 valence electrons. The summed E-state index contributed by atoms with van der Waals surface area (Å²) in [5, 5.41) is 0. The maximum Gasteiger partial charge on any atom is 0.427 e. The van der Waals surface area contributed by atoms with E-state index < -0.39 is 12.3 Å². The van der Waals surface area contributed by atoms with Crippen LogP contribution in [-0.4, -0.2) is 26.4 Å². The van der Waals surface area contributed by atoms with Crippen molar-refractivity contribution in [3.63, 3.8) is 0 Å². The van der Waals surface area contributed by atoms with Crippen molar-refractivity contribution in [1.29, 1.82) is 0 Å². The third-order valence-electron chi connectivity index (χ3n) is 2.67. The zero-order chi connectivity index (χ0) is 11.2. The van der Waals surface area contributed by atoms with Crippen molar-refractivity contribution in [2.45, 2.75) is 12.3 Å². The lowest BCUT2D eigenvalue weighted by Gasteiger charge is -2.29. The fourth-order valence-electron chi connectivity index (χ4n) is 2.02. The number of benzene rings is 1. The highest BCUT2D eigenvalue weighted by Gasteiger charge is 2.49. The lowest BCUT2D eigenvalue weighted by molar-refractivity contribution is -0.145. The number of fused-ring (bicyclic) bond motifs is 1. The van der Waals surface area contributed by atoms with Crippen molar-refractivity contribution >= 4 is 11.4 Å². The molecule has 0 saturated heterocycles. The normalized spacial score (nSPS) is 17.1. The van der Waals surface area contributed by atoms with Crippen LogP contribution in [-0.2, 0) is 0 Å². The molecular weight excluding hydrogens is 205 g/mol. The summed E-state index contributed by atoms with van der Waals surface area (Å²) in [6, 6.07) is 6.86. The third kappa shape index (κ3) is 1.42. The van der Waals surface area contributed by atoms with Gasteiger partial charge in [0.1, 0.15) is 0 Å². The smallest absolute Gasteiger partial charge is 0.345 e. The van der Waals surface area contributed by atoms with Gasteiger partial charge in [0.2, 0.25) is 0 Å². The molecule has 15 heavy (non-hydrogen) atoms. The van der Waals surface area contributed by atoms with E-state index in [1.165, 1.54) is 23.9 Å². The van der Waals surface area contributed by atoms with Crippen LogP contribution < -0.4 is 9.80 Å². The first-order valence-electron chi connectivity index (χ1n) is 4.54. The molecule has 1 aliphatic heterocycles. The van der Waals surface area contributed by atoms with Crippen LogP contribution in [0.25, 0.3) is 0 Å². The largest absolute Gasteiger partial charge is 0.427 e. The summed E-state index contributed by atoms with van der Waals surface area (Å²) in [5.41, 5.74) is 1.23. The Labute approximate surface area is 85.9 Å². The van der Waals surface area contributed by atoms with Gasteiger partial charge in [-0.2, -0.15) is 13.2 Å². The van der Waals surface area contributed by atoms with Crippen LogP contribution in [0.1, 0.15) is 0 Å². The van der Waals surface area contributed by atoms with E-state index in [1.807, 2.05) is 0 Å². The molecule has 1 heterocycles. The van der Waals surface area contributed by atoms with Gasteiger partial charge in [-0.1, -0.05) is 12.1 Å². The standard InChI is InChI=1S/C10H11F3N2/c1-14-7-5-3-4-6-8(7)15(2)9(14)10(11,12)13/h3-6,9H,1-2H3. The van der Waals surface area contributed by atoms with E-state index in [0.717, 1.165) is 0 Å². The van der Waals surface area contributed by atoms with Crippen LogP contribution in [0.15, 0.2) is 24.3 Å². The summed E-state index contributed by atoms with van der Waals surface area (Å²) >= 11 is 0. The summed E-state index contributed by atoms with van der Waals surface area (Å²) in [6.45, 7) is 0. The van der Waals surface area contributed by atoms with E-state index in [0.29, 0.717) is 11.4 Å². The van der Waals surface area contributed by atoms with Crippen LogP contribution in [0, 0.1) is 0 Å². The van der Waals surface area contributed by atoms with Crippen LogP contribution in [0.2, 0.25) is 0 Å². The summed E-state index contributed by atoms with van der Waals surface area (Å²) < 4.78 is 38.2. The minimum Gasteiger partial charge on any atom is -0.345 e. The van der Waals surface area contributed by atoms with E-state index in [-0.39, 0.29) is 0 Å². The Bertz CT molecular complexity index is 346. The fourth-order valence-corrected chi connectivity index (χ4v) is 2.02. The fraction of sp³-hybridized carbons (Fsp3) is 0.400. The Kier molecular flexibility index (Phi) is 2.06. The second-order valence-corrected chi connectivity index (χ2v) is 3.63. The number of para-hydroxylation sites is 2. The van der Waals surface area contributed by atoms with Crippen molar-refractivity contribution in [3.05, 3.63) is 24.3 Å². The number of nitrogens with zero attached hydrogens (tertiary/aromatic N) is 2. The Morgan fingerprint density at radius 1 is 1.00 bits per heavy atom. The molecule has 2 nitrogen and oxygen atoms in total. The van der Waals surface area contributed by atoms with E-state index in [1.54, 1.807) is 24.3 Å². The van der Waals surface area contributed by atoms with Gasteiger partial charge in [-0.05, 0) is 12.1 Å². The van der Waals surface area contributed by atoms with E-state index in [4.69, 9.17) is 0 Å². The minimum absolute atomic E-state index is 0.613. The predicted octanol–water partition coefficient (Wildman–Crippen LogP) is 2.46. The second kappa shape index (κ2) is 3.05. The Morgan fingerprint density at radius 2 is 1.40 bits per heavy atom. The lowest BCUT2D eigenvalue weighted by Crippen LogP contribution is -2.50. The van der Waals surface area contributed by atoms with E-state index >= 15 is 0 Å². The van der Waals surface area contributed by atoms with Gasteiger partial charge in [0.25, 0.3) is 0 Å². The average Bonchev–Trinajstić information content (AvgIpc) is 2.39. The molecule has 0 atom stereocenters. The van der Waals surface area contributed by atoms with Gasteiger partial charge < -0.3 is 9.80 Å². The molecule has 0 aliphatic carbocycles. The van der Waals surface area contributed by atoms with Crippen molar-refractivity contribution in [2.24, 2.45) is 0 Å². The molecule has 0 unspecified atom stereocenters. The van der Waals surface area contributed by atoms with Crippen LogP contribution >= 0.6 is 0 Å². The Morgan fingerprint density at radius 3 is 1.73 bits per heavy atom. The molecule has 0 N–H and O–H groups in total. The number of hydrogen-bond donors (Lipinski definition) is 0. The Hall–Kier alpha value is -1.39. The maximum absolute atomic E-state index is 12.7. The highest BCUT2D eigenvalue weighted by atomic mass is 19.4. The predicted molar refractivity (Wildman–Crippen MR) is 53.1 cm³/mol. The first-order chi connectivity index (χ1) is 6.93. The number of halogens is 3. The summed E-state index contributed by atoms with van der Waals surface area (Å²) in [5.74, 6) is 0. The van der Waals surface area contributed by atoms with Gasteiger partial charge in [-0.15, -0.1) is 0 Å². The SMILES string of the molecule is CN1c2ccccc2N(C)C1C(F)(F)F. The molecular formula is C10H11F3N2. The van der Waals surface area contributed by atoms with Gasteiger partial charge in [0.15, 0.2) is 6.17 Å². The molecule has 0 bridgehead atoms. The van der Waals surface area contributed by atoms with Gasteiger partial charge in [0, 0.05) is 14.1 Å². The molecule has 1 aromatic rings. The highest BCUT2D eigenvalue weighted by Crippen LogP contribution is 2.42. The van der Waals surface area contributed by atoms with Crippen molar-refractivity contribution in [2.75, 3.05) is 23.9 Å². The van der Waals surface area contributed by atoms with E-state index in [2.05, 4.69) is 0 Å². The second-order valence-electron chi connectivity index (χ2n) is 3.63. The summed E-state index contributed by atoms with van der Waals surface area (Å²) in [4.78, 5) is 2.49. The molecule has 0 saturated carbocycles. The summed E-state index contributed by atoms with van der Waals surface area (Å²) in [6.07, 6.45) is -5.81. The quantitative estimate of drug-likeness (QED) is 0.657. The van der Waals surface area contributed by atoms with Gasteiger partial charge in [-0.25, -0.2) is 0 Å². The molecule has 1 aromatic carbocycles. The van der Waals surface area contributed by atoms with Crippen LogP contribution in [0.3, 0.4) is 0 Å². The highest BCUT2D eigenvalue weighted by molar-refractivity contribution is 5.77. The van der Waals surface area contributed by atoms with E-state index in [9.17, 15) is 13.2 Å². The lowest BCUT2D eigenvalue weighted by atomic mass is 10.3. The molecule has 2 rings (SSSR count). The van der Waals surface area contributed by atoms with Crippen molar-refractivity contribution in [1.82, 2.24) is 0 Å². The molecule has 0 fully saturated rings. The van der Waals surface area contributed by atoms with Crippen molar-refractivity contribution < 1.29 is 13.2 Å². The van der Waals surface area contributed by atoms with Crippen molar-refractivity contribution in [3.8, 4) is 0 Å². The number of alkyl halides is 3. The maximum atomic E-state index is 12.7. The third-order valence-corrected chi connectivity index (χ3v) is 2.67. The Balaban J connectivity index is 2.45. The first-order valence-corrected chi connectivity index (χ1v) is 4.54. The molecule has 0 spiro atoms. The average molecular weight is 216 g/mol. The van der Waals surface area contributed by atoms with Gasteiger partial charge in [-0.3, -0.25) is 0 Å². The molecule has 1 aliphatic rings. The minimum atomic E-state index is -4.25. The van der Waals surface area contributed by atoms with Gasteiger partial charge >= 0.3 is 6.18 Å². The topological polar surface area (TPSA) is 6.48 Å². The molecule has 0 aromatic heterocycles. The van der Waals surface area contributed by atoms with Crippen LogP contribution in [0.5, 0.6) is 0 Å². The first kappa shape index (κ1) is 10.1. The monoisotopic (exact) mass is 216 g/mol. The molecule has 5 heteroatoms. The zero-order valence-corrected chi connectivity index (χ0v) is 8.42. The molecule has 0 amide bonds. The number of rotatable bonds is 0. The molecule has 0 radical (unpaired) electrons. The zero-order valence-electron chi connectivity index (χ0n) is 8.42. The number of anilines is 2. The summed E-state index contributed by atoms with van der Waals surface area (Å²) in [7, 11) is 2.92. The van der Waals surface area contributed by atoms with Gasteiger partial charge in [0.05, 0.1) is 11.4 Å². The van der Waals surface area contributed by atoms with Crippen LogP contribution in [0.4, 0.5) is 24.5 Å².